The molecule has 0 radical (unpaired) electrons. The molecule has 1 N–H and O–H groups in total. The van der Waals surface area contributed by atoms with E-state index in [0.717, 1.165) is 16.5 Å². The molecule has 0 fully saturated rings. The molecule has 0 bridgehead atoms. The number of fused-ring (bicyclic) bond motifs is 2. The average Bonchev–Trinajstić information content (AvgIpc) is 3.39. The van der Waals surface area contributed by atoms with Gasteiger partial charge in [-0.1, -0.05) is 47.7 Å². The van der Waals surface area contributed by atoms with Crippen LogP contribution >= 0.6 is 11.3 Å². The number of hydrogen-bond acceptors (Lipinski definition) is 6. The minimum atomic E-state index is -0.722. The van der Waals surface area contributed by atoms with Crippen LogP contribution in [0.25, 0.3) is 17.0 Å². The quantitative estimate of drug-likeness (QED) is 0.404. The van der Waals surface area contributed by atoms with Crippen LogP contribution in [-0.4, -0.2) is 28.2 Å². The third-order valence-electron chi connectivity index (χ3n) is 6.00. The number of nitrogens with zero attached hydrogens (tertiary/aromatic N) is 2. The van der Waals surface area contributed by atoms with E-state index in [0.29, 0.717) is 31.9 Å². The number of H-pyrrole nitrogens is 1. The average molecular weight is 502 g/mol. The van der Waals surface area contributed by atoms with Gasteiger partial charge in [-0.3, -0.25) is 9.36 Å². The van der Waals surface area contributed by atoms with Crippen LogP contribution in [0.4, 0.5) is 0 Å². The fourth-order valence-corrected chi connectivity index (χ4v) is 5.55. The van der Waals surface area contributed by atoms with Crippen molar-refractivity contribution < 1.29 is 14.3 Å². The number of thiazole rings is 1. The van der Waals surface area contributed by atoms with Crippen LogP contribution < -0.4 is 19.6 Å². The van der Waals surface area contributed by atoms with E-state index in [-0.39, 0.29) is 18.3 Å². The molecule has 2 aromatic carbocycles. The summed E-state index contributed by atoms with van der Waals surface area (Å²) in [6.07, 6.45) is 3.68. The first-order valence-electron chi connectivity index (χ1n) is 11.9. The number of aromatic nitrogens is 2. The number of aromatic amines is 1. The molecule has 5 rings (SSSR count). The molecule has 184 valence electrons. The molecule has 0 amide bonds. The van der Waals surface area contributed by atoms with Gasteiger partial charge in [0.2, 0.25) is 0 Å². The van der Waals surface area contributed by atoms with Crippen molar-refractivity contribution >= 4 is 34.3 Å². The second kappa shape index (κ2) is 9.62. The number of esters is 1. The lowest BCUT2D eigenvalue weighted by Gasteiger charge is -2.26. The van der Waals surface area contributed by atoms with Crippen molar-refractivity contribution in [3.63, 3.8) is 0 Å². The van der Waals surface area contributed by atoms with E-state index in [4.69, 9.17) is 9.47 Å². The molecule has 0 aliphatic carbocycles. The van der Waals surface area contributed by atoms with Gasteiger partial charge in [0, 0.05) is 28.2 Å². The van der Waals surface area contributed by atoms with Gasteiger partial charge in [0.1, 0.15) is 11.8 Å². The van der Waals surface area contributed by atoms with Gasteiger partial charge in [-0.2, -0.15) is 0 Å². The summed E-state index contributed by atoms with van der Waals surface area (Å²) in [6.45, 7) is 7.64. The number of nitrogens with one attached hydrogen (secondary N) is 1. The van der Waals surface area contributed by atoms with Crippen molar-refractivity contribution in [2.75, 3.05) is 6.61 Å². The van der Waals surface area contributed by atoms with Crippen molar-refractivity contribution in [3.05, 3.63) is 96.8 Å². The fourth-order valence-electron chi connectivity index (χ4n) is 4.51. The molecule has 1 aliphatic rings. The zero-order valence-corrected chi connectivity index (χ0v) is 21.4. The summed E-state index contributed by atoms with van der Waals surface area (Å²) in [5, 5.41) is 1.03. The van der Waals surface area contributed by atoms with Gasteiger partial charge in [0.15, 0.2) is 4.80 Å². The van der Waals surface area contributed by atoms with E-state index in [9.17, 15) is 9.59 Å². The number of benzene rings is 2. The number of rotatable bonds is 6. The van der Waals surface area contributed by atoms with Gasteiger partial charge in [-0.25, -0.2) is 9.79 Å². The van der Waals surface area contributed by atoms with Gasteiger partial charge < -0.3 is 14.5 Å². The first-order valence-corrected chi connectivity index (χ1v) is 12.7. The normalized spacial score (nSPS) is 15.8. The SMILES string of the molecule is CCOC(=O)C1=C(C)N=c2sc(=Cc3c[nH]c4ccccc34)c(=O)n2C1c1ccccc1OC(C)C. The Hall–Kier alpha value is -3.91. The number of allylic oxidation sites excluding steroid dienone is 1. The Bertz CT molecular complexity index is 1670. The molecule has 1 unspecified atom stereocenters. The summed E-state index contributed by atoms with van der Waals surface area (Å²) in [6, 6.07) is 14.7. The summed E-state index contributed by atoms with van der Waals surface area (Å²) in [4.78, 5) is 35.5. The number of carbonyl (C=O) groups is 1. The highest BCUT2D eigenvalue weighted by Gasteiger charge is 2.35. The molecule has 0 saturated carbocycles. The number of hydrogen-bond donors (Lipinski definition) is 1. The van der Waals surface area contributed by atoms with Crippen LogP contribution in [0.2, 0.25) is 0 Å². The van der Waals surface area contributed by atoms with E-state index in [1.54, 1.807) is 18.4 Å². The van der Waals surface area contributed by atoms with E-state index in [1.807, 2.05) is 74.7 Å². The van der Waals surface area contributed by atoms with Crippen LogP contribution in [0, 0.1) is 0 Å². The molecular weight excluding hydrogens is 474 g/mol. The summed E-state index contributed by atoms with van der Waals surface area (Å²) in [5.74, 6) is 0.120. The van der Waals surface area contributed by atoms with E-state index in [1.165, 1.54) is 11.3 Å². The zero-order valence-electron chi connectivity index (χ0n) is 20.6. The van der Waals surface area contributed by atoms with Crippen LogP contribution in [0.15, 0.2) is 75.8 Å². The summed E-state index contributed by atoms with van der Waals surface area (Å²) >= 11 is 1.31. The number of para-hydroxylation sites is 2. The Kier molecular flexibility index (Phi) is 6.36. The maximum Gasteiger partial charge on any atom is 0.338 e. The predicted octanol–water partition coefficient (Wildman–Crippen LogP) is 4.07. The maximum atomic E-state index is 13.9. The number of ether oxygens (including phenoxy) is 2. The van der Waals surface area contributed by atoms with E-state index in [2.05, 4.69) is 9.98 Å². The van der Waals surface area contributed by atoms with Crippen LogP contribution in [0.1, 0.15) is 44.9 Å². The smallest absolute Gasteiger partial charge is 0.338 e. The van der Waals surface area contributed by atoms with Gasteiger partial charge in [-0.15, -0.1) is 0 Å². The van der Waals surface area contributed by atoms with Crippen LogP contribution in [0.3, 0.4) is 0 Å². The summed E-state index contributed by atoms with van der Waals surface area (Å²) < 4.78 is 13.6. The zero-order chi connectivity index (χ0) is 25.4. The Labute approximate surface area is 212 Å². The lowest BCUT2D eigenvalue weighted by molar-refractivity contribution is -0.139. The van der Waals surface area contributed by atoms with Gasteiger partial charge >= 0.3 is 5.97 Å². The second-order valence-corrected chi connectivity index (χ2v) is 9.81. The fraction of sp³-hybridized carbons (Fsp3) is 0.250. The van der Waals surface area contributed by atoms with Crippen molar-refractivity contribution in [2.45, 2.75) is 39.8 Å². The highest BCUT2D eigenvalue weighted by molar-refractivity contribution is 7.07. The van der Waals surface area contributed by atoms with Gasteiger partial charge in [-0.05, 0) is 45.9 Å². The topological polar surface area (TPSA) is 85.7 Å². The van der Waals surface area contributed by atoms with Gasteiger partial charge in [0.25, 0.3) is 5.56 Å². The molecule has 1 aliphatic heterocycles. The summed E-state index contributed by atoms with van der Waals surface area (Å²) in [7, 11) is 0. The molecule has 8 heteroatoms. The molecule has 7 nitrogen and oxygen atoms in total. The highest BCUT2D eigenvalue weighted by atomic mass is 32.1. The minimum Gasteiger partial charge on any atom is -0.491 e. The maximum absolute atomic E-state index is 13.9. The van der Waals surface area contributed by atoms with E-state index >= 15 is 0 Å². The van der Waals surface area contributed by atoms with Crippen molar-refractivity contribution in [1.29, 1.82) is 0 Å². The second-order valence-electron chi connectivity index (χ2n) is 8.80. The Balaban J connectivity index is 1.76. The Morgan fingerprint density at radius 1 is 1.19 bits per heavy atom. The molecule has 0 saturated heterocycles. The van der Waals surface area contributed by atoms with Crippen LogP contribution in [0.5, 0.6) is 5.75 Å². The molecule has 3 heterocycles. The van der Waals surface area contributed by atoms with Crippen molar-refractivity contribution in [3.8, 4) is 5.75 Å². The number of carbonyl (C=O) groups excluding carboxylic acids is 1. The standard InChI is InChI=1S/C28H27N3O4S/c1-5-34-27(33)24-17(4)30-28-31(25(24)20-11-7-9-13-22(20)35-16(2)3)26(32)23(36-28)14-18-15-29-21-12-8-6-10-19(18)21/h6-16,25,29H,5H2,1-4H3. The first-order chi connectivity index (χ1) is 17.4. The Morgan fingerprint density at radius 2 is 1.94 bits per heavy atom. The van der Waals surface area contributed by atoms with E-state index < -0.39 is 12.0 Å². The third kappa shape index (κ3) is 4.18. The molecule has 36 heavy (non-hydrogen) atoms. The molecule has 4 aromatic rings. The largest absolute Gasteiger partial charge is 0.491 e. The monoisotopic (exact) mass is 501 g/mol. The lowest BCUT2D eigenvalue weighted by Crippen LogP contribution is -2.40. The van der Waals surface area contributed by atoms with Crippen LogP contribution in [-0.2, 0) is 9.53 Å². The highest BCUT2D eigenvalue weighted by Crippen LogP contribution is 2.36. The van der Waals surface area contributed by atoms with Gasteiger partial charge in [0.05, 0.1) is 28.5 Å². The Morgan fingerprint density at radius 3 is 2.72 bits per heavy atom. The third-order valence-corrected chi connectivity index (χ3v) is 6.98. The first kappa shape index (κ1) is 23.8. The lowest BCUT2D eigenvalue weighted by atomic mass is 9.95. The molecule has 0 spiro atoms. The summed E-state index contributed by atoms with van der Waals surface area (Å²) in [5.41, 5.74) is 3.26. The molecule has 1 atom stereocenters. The molecular formula is C28H27N3O4S. The van der Waals surface area contributed by atoms with Crippen molar-refractivity contribution in [2.24, 2.45) is 4.99 Å². The minimum absolute atomic E-state index is 0.0834. The predicted molar refractivity (Wildman–Crippen MR) is 141 cm³/mol. The van der Waals surface area contributed by atoms with Crippen molar-refractivity contribution in [1.82, 2.24) is 9.55 Å². The molecule has 2 aromatic heterocycles.